The van der Waals surface area contributed by atoms with Crippen molar-refractivity contribution in [1.29, 1.82) is 0 Å². The molecule has 1 aliphatic heterocycles. The highest BCUT2D eigenvalue weighted by Gasteiger charge is 2.30. The number of likely N-dealkylation sites (N-methyl/N-ethyl adjacent to an activating group) is 1. The van der Waals surface area contributed by atoms with E-state index >= 15 is 0 Å². The Hall–Kier alpha value is -2.08. The van der Waals surface area contributed by atoms with Gasteiger partial charge in [-0.3, -0.25) is 9.69 Å². The van der Waals surface area contributed by atoms with Crippen molar-refractivity contribution < 1.29 is 9.59 Å². The van der Waals surface area contributed by atoms with Crippen LogP contribution in [0, 0.1) is 0 Å². The number of hydrogen-bond acceptors (Lipinski definition) is 3. The van der Waals surface area contributed by atoms with E-state index in [2.05, 4.69) is 31.3 Å². The molecule has 0 saturated carbocycles. The molecule has 2 rings (SSSR count). The van der Waals surface area contributed by atoms with Crippen LogP contribution in [0.25, 0.3) is 0 Å². The minimum absolute atomic E-state index is 0.102. The molecular formula is C18H28N4O2. The van der Waals surface area contributed by atoms with E-state index in [1.54, 1.807) is 9.80 Å². The first-order valence-corrected chi connectivity index (χ1v) is 8.46. The van der Waals surface area contributed by atoms with E-state index in [-0.39, 0.29) is 18.5 Å². The Kier molecular flexibility index (Phi) is 6.20. The molecule has 24 heavy (non-hydrogen) atoms. The molecule has 1 heterocycles. The molecule has 0 bridgehead atoms. The van der Waals surface area contributed by atoms with Crippen molar-refractivity contribution in [3.63, 3.8) is 0 Å². The Morgan fingerprint density at radius 1 is 1.21 bits per heavy atom. The van der Waals surface area contributed by atoms with Crippen LogP contribution in [-0.2, 0) is 4.79 Å². The number of nitrogens with zero attached hydrogens (tertiary/aromatic N) is 3. The molecule has 0 radical (unpaired) electrons. The fourth-order valence-corrected chi connectivity index (χ4v) is 2.66. The van der Waals surface area contributed by atoms with Gasteiger partial charge in [0, 0.05) is 31.9 Å². The molecule has 1 fully saturated rings. The zero-order chi connectivity index (χ0) is 17.7. The summed E-state index contributed by atoms with van der Waals surface area (Å²) < 4.78 is 0. The maximum atomic E-state index is 12.5. The predicted octanol–water partition coefficient (Wildman–Crippen LogP) is 1.73. The first kappa shape index (κ1) is 18.3. The Bertz CT molecular complexity index is 569. The lowest BCUT2D eigenvalue weighted by Gasteiger charge is -2.19. The highest BCUT2D eigenvalue weighted by Crippen LogP contribution is 2.23. The smallest absolute Gasteiger partial charge is 0.325 e. The van der Waals surface area contributed by atoms with Crippen LogP contribution in [0.5, 0.6) is 0 Å². The largest absolute Gasteiger partial charge is 0.353 e. The quantitative estimate of drug-likeness (QED) is 0.827. The zero-order valence-corrected chi connectivity index (χ0v) is 15.1. The lowest BCUT2D eigenvalue weighted by atomic mass is 10.0. The molecule has 6 nitrogen and oxygen atoms in total. The van der Waals surface area contributed by atoms with Crippen LogP contribution in [0.2, 0.25) is 0 Å². The number of hydrogen-bond donors (Lipinski definition) is 1. The third kappa shape index (κ3) is 4.71. The van der Waals surface area contributed by atoms with Crippen LogP contribution in [0.3, 0.4) is 0 Å². The number of carbonyl (C=O) groups excluding carboxylic acids is 2. The van der Waals surface area contributed by atoms with Crippen LogP contribution >= 0.6 is 0 Å². The first-order chi connectivity index (χ1) is 11.4. The monoisotopic (exact) mass is 332 g/mol. The van der Waals surface area contributed by atoms with Crippen LogP contribution in [0.4, 0.5) is 10.5 Å². The molecule has 0 atom stereocenters. The van der Waals surface area contributed by atoms with E-state index in [4.69, 9.17) is 0 Å². The van der Waals surface area contributed by atoms with Gasteiger partial charge in [0.15, 0.2) is 0 Å². The molecule has 6 heteroatoms. The molecule has 0 unspecified atom stereocenters. The summed E-state index contributed by atoms with van der Waals surface area (Å²) >= 11 is 0. The second-order valence-corrected chi connectivity index (χ2v) is 6.76. The summed E-state index contributed by atoms with van der Waals surface area (Å²) in [6, 6.07) is 7.98. The lowest BCUT2D eigenvalue weighted by molar-refractivity contribution is -0.121. The van der Waals surface area contributed by atoms with Gasteiger partial charge >= 0.3 is 6.03 Å². The number of carbonyl (C=O) groups is 2. The SMILES string of the molecule is CC(C)c1ccc(N2CCN(CC(=O)NCCN(C)C)C2=O)cc1. The van der Waals surface area contributed by atoms with Gasteiger partial charge in [0.2, 0.25) is 5.91 Å². The van der Waals surface area contributed by atoms with Gasteiger partial charge in [-0.05, 0) is 37.7 Å². The highest BCUT2D eigenvalue weighted by atomic mass is 16.2. The average Bonchev–Trinajstić information content (AvgIpc) is 2.88. The van der Waals surface area contributed by atoms with Crippen LogP contribution < -0.4 is 10.2 Å². The molecule has 0 aromatic heterocycles. The van der Waals surface area contributed by atoms with Crippen molar-refractivity contribution in [2.75, 3.05) is 51.7 Å². The summed E-state index contributed by atoms with van der Waals surface area (Å²) in [5.41, 5.74) is 2.14. The predicted molar refractivity (Wildman–Crippen MR) is 96.4 cm³/mol. The summed E-state index contributed by atoms with van der Waals surface area (Å²) in [6.07, 6.45) is 0. The average molecular weight is 332 g/mol. The molecular weight excluding hydrogens is 304 g/mol. The number of anilines is 1. The third-order valence-corrected chi connectivity index (χ3v) is 4.18. The molecule has 1 saturated heterocycles. The van der Waals surface area contributed by atoms with Gasteiger partial charge in [-0.2, -0.15) is 0 Å². The summed E-state index contributed by atoms with van der Waals surface area (Å²) in [4.78, 5) is 29.8. The van der Waals surface area contributed by atoms with Crippen LogP contribution in [-0.4, -0.2) is 68.6 Å². The van der Waals surface area contributed by atoms with Crippen LogP contribution in [0.15, 0.2) is 24.3 Å². The van der Waals surface area contributed by atoms with E-state index in [1.807, 2.05) is 31.1 Å². The summed E-state index contributed by atoms with van der Waals surface area (Å²) in [5.74, 6) is 0.359. The van der Waals surface area contributed by atoms with Crippen molar-refractivity contribution >= 4 is 17.6 Å². The Morgan fingerprint density at radius 2 is 1.88 bits per heavy atom. The Labute approximate surface area is 144 Å². The van der Waals surface area contributed by atoms with Crippen molar-refractivity contribution in [2.24, 2.45) is 0 Å². The molecule has 132 valence electrons. The maximum absolute atomic E-state index is 12.5. The van der Waals surface area contributed by atoms with E-state index in [1.165, 1.54) is 5.56 Å². The van der Waals surface area contributed by atoms with Crippen molar-refractivity contribution in [2.45, 2.75) is 19.8 Å². The van der Waals surface area contributed by atoms with Crippen molar-refractivity contribution in [3.8, 4) is 0 Å². The topological polar surface area (TPSA) is 55.9 Å². The first-order valence-electron chi connectivity index (χ1n) is 8.46. The zero-order valence-electron chi connectivity index (χ0n) is 15.1. The maximum Gasteiger partial charge on any atom is 0.325 e. The number of urea groups is 1. The molecule has 1 aliphatic rings. The molecule has 0 aliphatic carbocycles. The van der Waals surface area contributed by atoms with Crippen molar-refractivity contribution in [3.05, 3.63) is 29.8 Å². The Morgan fingerprint density at radius 3 is 2.46 bits per heavy atom. The molecule has 3 amide bonds. The second kappa shape index (κ2) is 8.15. The van der Waals surface area contributed by atoms with E-state index < -0.39 is 0 Å². The van der Waals surface area contributed by atoms with Gasteiger partial charge in [0.25, 0.3) is 0 Å². The van der Waals surface area contributed by atoms with Gasteiger partial charge in [0.1, 0.15) is 6.54 Å². The fourth-order valence-electron chi connectivity index (χ4n) is 2.66. The van der Waals surface area contributed by atoms with Gasteiger partial charge < -0.3 is 15.1 Å². The standard InChI is InChI=1S/C18H28N4O2/c1-14(2)15-5-7-16(8-6-15)22-12-11-21(18(22)24)13-17(23)19-9-10-20(3)4/h5-8,14H,9-13H2,1-4H3,(H,19,23). The van der Waals surface area contributed by atoms with Crippen molar-refractivity contribution in [1.82, 2.24) is 15.1 Å². The summed E-state index contributed by atoms with van der Waals surface area (Å²) in [7, 11) is 3.91. The summed E-state index contributed by atoms with van der Waals surface area (Å²) in [6.45, 7) is 6.98. The van der Waals surface area contributed by atoms with Gasteiger partial charge in [-0.15, -0.1) is 0 Å². The molecule has 1 aromatic rings. The minimum Gasteiger partial charge on any atom is -0.353 e. The number of benzene rings is 1. The van der Waals surface area contributed by atoms with Gasteiger partial charge in [-0.25, -0.2) is 4.79 Å². The van der Waals surface area contributed by atoms with Gasteiger partial charge in [0.05, 0.1) is 0 Å². The van der Waals surface area contributed by atoms with Crippen LogP contribution in [0.1, 0.15) is 25.3 Å². The third-order valence-electron chi connectivity index (χ3n) is 4.18. The second-order valence-electron chi connectivity index (χ2n) is 6.76. The normalized spacial score (nSPS) is 14.8. The lowest BCUT2D eigenvalue weighted by Crippen LogP contribution is -2.41. The minimum atomic E-state index is -0.109. The number of rotatable bonds is 7. The number of nitrogens with one attached hydrogen (secondary N) is 1. The highest BCUT2D eigenvalue weighted by molar-refractivity contribution is 5.96. The van der Waals surface area contributed by atoms with E-state index in [0.717, 1.165) is 12.2 Å². The fraction of sp³-hybridized carbons (Fsp3) is 0.556. The summed E-state index contributed by atoms with van der Waals surface area (Å²) in [5, 5.41) is 2.84. The number of amides is 3. The van der Waals surface area contributed by atoms with E-state index in [0.29, 0.717) is 25.6 Å². The van der Waals surface area contributed by atoms with E-state index in [9.17, 15) is 9.59 Å². The van der Waals surface area contributed by atoms with Gasteiger partial charge in [-0.1, -0.05) is 26.0 Å². The molecule has 1 N–H and O–H groups in total. The molecule has 1 aromatic carbocycles. The molecule has 0 spiro atoms. The Balaban J connectivity index is 1.89.